The molecule has 0 amide bonds. The Morgan fingerprint density at radius 3 is 2.53 bits per heavy atom. The van der Waals surface area contributed by atoms with Crippen molar-refractivity contribution in [1.82, 2.24) is 0 Å². The molecule has 0 aliphatic heterocycles. The maximum Gasteiger partial charge on any atom is 0.106 e. The Balaban J connectivity index is 2.90. The minimum Gasteiger partial charge on any atom is -0.389 e. The van der Waals surface area contributed by atoms with Gasteiger partial charge in [0.05, 0.1) is 6.10 Å². The maximum absolute atomic E-state index is 9.78. The molecule has 15 heavy (non-hydrogen) atoms. The van der Waals surface area contributed by atoms with Crippen LogP contribution in [0.25, 0.3) is 0 Å². The third-order valence-corrected chi connectivity index (χ3v) is 2.65. The van der Waals surface area contributed by atoms with E-state index in [1.807, 2.05) is 37.2 Å². The molecule has 4 heteroatoms. The summed E-state index contributed by atoms with van der Waals surface area (Å²) in [5, 5.41) is 19.2. The molecular formula is C11H17NO2S. The first-order valence-electron chi connectivity index (χ1n) is 4.80. The molecule has 2 unspecified atom stereocenters. The summed E-state index contributed by atoms with van der Waals surface area (Å²) in [6.07, 6.45) is -1.70. The number of rotatable bonds is 4. The number of nitrogens with zero attached hydrogens (tertiary/aromatic N) is 1. The van der Waals surface area contributed by atoms with E-state index in [1.165, 1.54) is 0 Å². The van der Waals surface area contributed by atoms with E-state index >= 15 is 0 Å². The van der Waals surface area contributed by atoms with Gasteiger partial charge in [-0.15, -0.1) is 0 Å². The quantitative estimate of drug-likeness (QED) is 0.674. The Morgan fingerprint density at radius 2 is 2.00 bits per heavy atom. The second kappa shape index (κ2) is 5.39. The fourth-order valence-corrected chi connectivity index (χ4v) is 1.51. The monoisotopic (exact) mass is 227 g/mol. The molecule has 84 valence electrons. The average Bonchev–Trinajstić information content (AvgIpc) is 2.27. The second-order valence-corrected chi connectivity index (χ2v) is 4.05. The van der Waals surface area contributed by atoms with Gasteiger partial charge in [0.25, 0.3) is 0 Å². The molecule has 1 aromatic rings. The number of hydrogen-bond acceptors (Lipinski definition) is 4. The predicted molar refractivity (Wildman–Crippen MR) is 65.6 cm³/mol. The molecular weight excluding hydrogens is 210 g/mol. The summed E-state index contributed by atoms with van der Waals surface area (Å²) >= 11 is 3.95. The lowest BCUT2D eigenvalue weighted by atomic mass is 10.0. The van der Waals surface area contributed by atoms with Crippen molar-refractivity contribution in [2.45, 2.75) is 12.2 Å². The number of aliphatic hydroxyl groups excluding tert-OH is 2. The largest absolute Gasteiger partial charge is 0.389 e. The molecule has 0 saturated carbocycles. The number of hydrogen-bond donors (Lipinski definition) is 3. The smallest absolute Gasteiger partial charge is 0.106 e. The summed E-state index contributed by atoms with van der Waals surface area (Å²) in [6, 6.07) is 7.46. The lowest BCUT2D eigenvalue weighted by molar-refractivity contribution is 0.0338. The third kappa shape index (κ3) is 3.12. The highest BCUT2D eigenvalue weighted by Gasteiger charge is 2.16. The van der Waals surface area contributed by atoms with Crippen LogP contribution in [0.4, 0.5) is 5.69 Å². The van der Waals surface area contributed by atoms with Crippen molar-refractivity contribution in [2.24, 2.45) is 0 Å². The van der Waals surface area contributed by atoms with Crippen LogP contribution in [-0.4, -0.2) is 36.2 Å². The molecule has 3 nitrogen and oxygen atoms in total. The molecule has 0 fully saturated rings. The van der Waals surface area contributed by atoms with Crippen LogP contribution in [0.1, 0.15) is 11.7 Å². The van der Waals surface area contributed by atoms with Crippen LogP contribution in [0.15, 0.2) is 24.3 Å². The molecule has 0 radical (unpaired) electrons. The van der Waals surface area contributed by atoms with E-state index in [0.717, 1.165) is 5.69 Å². The van der Waals surface area contributed by atoms with Crippen molar-refractivity contribution >= 4 is 18.3 Å². The molecule has 2 atom stereocenters. The molecule has 0 spiro atoms. The normalized spacial score (nSPS) is 14.7. The summed E-state index contributed by atoms with van der Waals surface area (Å²) in [4.78, 5) is 1.95. The van der Waals surface area contributed by atoms with Gasteiger partial charge in [0.2, 0.25) is 0 Å². The highest BCUT2D eigenvalue weighted by molar-refractivity contribution is 7.80. The summed E-state index contributed by atoms with van der Waals surface area (Å²) in [6.45, 7) is 0. The Kier molecular flexibility index (Phi) is 4.45. The highest BCUT2D eigenvalue weighted by atomic mass is 32.1. The zero-order valence-corrected chi connectivity index (χ0v) is 9.85. The summed E-state index contributed by atoms with van der Waals surface area (Å²) in [5.74, 6) is 0.243. The van der Waals surface area contributed by atoms with Gasteiger partial charge in [-0.2, -0.15) is 12.6 Å². The van der Waals surface area contributed by atoms with Crippen molar-refractivity contribution in [3.8, 4) is 0 Å². The van der Waals surface area contributed by atoms with Crippen LogP contribution in [0.3, 0.4) is 0 Å². The fourth-order valence-electron chi connectivity index (χ4n) is 1.31. The topological polar surface area (TPSA) is 43.7 Å². The Labute approximate surface area is 95.8 Å². The first kappa shape index (κ1) is 12.4. The minimum absolute atomic E-state index is 0.243. The lowest BCUT2D eigenvalue weighted by Crippen LogP contribution is -2.20. The standard InChI is InChI=1S/C11H17NO2S/c1-12(2)9-5-3-4-8(6-9)11(14)10(13)7-15/h3-6,10-11,13-15H,7H2,1-2H3. The Morgan fingerprint density at radius 1 is 1.33 bits per heavy atom. The van der Waals surface area contributed by atoms with E-state index in [1.54, 1.807) is 6.07 Å². The van der Waals surface area contributed by atoms with Gasteiger partial charge >= 0.3 is 0 Å². The lowest BCUT2D eigenvalue weighted by Gasteiger charge is -2.19. The van der Waals surface area contributed by atoms with Crippen LogP contribution in [-0.2, 0) is 0 Å². The summed E-state index contributed by atoms with van der Waals surface area (Å²) < 4.78 is 0. The van der Waals surface area contributed by atoms with E-state index in [4.69, 9.17) is 0 Å². The van der Waals surface area contributed by atoms with E-state index < -0.39 is 12.2 Å². The average molecular weight is 227 g/mol. The molecule has 2 N–H and O–H groups in total. The Bertz CT molecular complexity index is 317. The minimum atomic E-state index is -0.873. The number of anilines is 1. The molecule has 1 rings (SSSR count). The van der Waals surface area contributed by atoms with Gasteiger partial charge in [0.1, 0.15) is 6.10 Å². The SMILES string of the molecule is CN(C)c1cccc(C(O)C(O)CS)c1. The van der Waals surface area contributed by atoms with Gasteiger partial charge in [0.15, 0.2) is 0 Å². The Hall–Kier alpha value is -0.710. The first-order valence-corrected chi connectivity index (χ1v) is 5.43. The van der Waals surface area contributed by atoms with Gasteiger partial charge in [-0.25, -0.2) is 0 Å². The summed E-state index contributed by atoms with van der Waals surface area (Å²) in [5.41, 5.74) is 1.71. The highest BCUT2D eigenvalue weighted by Crippen LogP contribution is 2.22. The van der Waals surface area contributed by atoms with Gasteiger partial charge in [-0.1, -0.05) is 12.1 Å². The van der Waals surface area contributed by atoms with Crippen molar-refractivity contribution in [2.75, 3.05) is 24.7 Å². The number of benzene rings is 1. The molecule has 0 bridgehead atoms. The van der Waals surface area contributed by atoms with Gasteiger partial charge in [-0.05, 0) is 17.7 Å². The van der Waals surface area contributed by atoms with Crippen LogP contribution < -0.4 is 4.90 Å². The summed E-state index contributed by atoms with van der Waals surface area (Å²) in [7, 11) is 3.86. The zero-order valence-electron chi connectivity index (χ0n) is 8.96. The molecule has 0 heterocycles. The van der Waals surface area contributed by atoms with E-state index in [-0.39, 0.29) is 5.75 Å². The van der Waals surface area contributed by atoms with Crippen molar-refractivity contribution in [1.29, 1.82) is 0 Å². The van der Waals surface area contributed by atoms with Crippen LogP contribution >= 0.6 is 12.6 Å². The van der Waals surface area contributed by atoms with Gasteiger partial charge in [-0.3, -0.25) is 0 Å². The number of aliphatic hydroxyl groups is 2. The van der Waals surface area contributed by atoms with Gasteiger partial charge < -0.3 is 15.1 Å². The van der Waals surface area contributed by atoms with Crippen LogP contribution in [0, 0.1) is 0 Å². The van der Waals surface area contributed by atoms with Crippen LogP contribution in [0.5, 0.6) is 0 Å². The first-order chi connectivity index (χ1) is 7.06. The predicted octanol–water partition coefficient (Wildman–Crippen LogP) is 1.08. The van der Waals surface area contributed by atoms with Crippen molar-refractivity contribution < 1.29 is 10.2 Å². The van der Waals surface area contributed by atoms with Crippen molar-refractivity contribution in [3.63, 3.8) is 0 Å². The maximum atomic E-state index is 9.78. The van der Waals surface area contributed by atoms with E-state index in [9.17, 15) is 10.2 Å². The molecule has 0 aliphatic rings. The second-order valence-electron chi connectivity index (χ2n) is 3.68. The van der Waals surface area contributed by atoms with Crippen LogP contribution in [0.2, 0.25) is 0 Å². The fraction of sp³-hybridized carbons (Fsp3) is 0.455. The molecule has 1 aromatic carbocycles. The third-order valence-electron chi connectivity index (χ3n) is 2.28. The van der Waals surface area contributed by atoms with E-state index in [0.29, 0.717) is 5.56 Å². The molecule has 0 aromatic heterocycles. The molecule has 0 aliphatic carbocycles. The van der Waals surface area contributed by atoms with Crippen molar-refractivity contribution in [3.05, 3.63) is 29.8 Å². The number of thiol groups is 1. The van der Waals surface area contributed by atoms with Gasteiger partial charge in [0, 0.05) is 25.5 Å². The van der Waals surface area contributed by atoms with E-state index in [2.05, 4.69) is 12.6 Å². The zero-order chi connectivity index (χ0) is 11.4. The molecule has 0 saturated heterocycles.